The smallest absolute Gasteiger partial charge is 0.234 e. The topological polar surface area (TPSA) is 55.1 Å². The molecule has 1 heterocycles. The van der Waals surface area contributed by atoms with E-state index < -0.39 is 0 Å². The van der Waals surface area contributed by atoms with Gasteiger partial charge in [0.05, 0.1) is 5.75 Å². The van der Waals surface area contributed by atoms with Crippen LogP contribution in [0.5, 0.6) is 0 Å². The van der Waals surface area contributed by atoms with E-state index in [0.717, 1.165) is 28.1 Å². The summed E-state index contributed by atoms with van der Waals surface area (Å²) in [6.07, 6.45) is 0. The first-order valence-corrected chi connectivity index (χ1v) is 10.2. The van der Waals surface area contributed by atoms with Crippen LogP contribution in [0.3, 0.4) is 0 Å². The number of para-hydroxylation sites is 2. The van der Waals surface area contributed by atoms with Crippen molar-refractivity contribution in [2.45, 2.75) is 12.7 Å². The van der Waals surface area contributed by atoms with Crippen molar-refractivity contribution in [2.75, 3.05) is 11.1 Å². The fraction of sp³-hybridized carbons (Fsp3) is 0.130. The normalized spacial score (nSPS) is 10.9. The highest BCUT2D eigenvalue weighted by atomic mass is 32.2. The zero-order valence-electron chi connectivity index (χ0n) is 15.5. The quantitative estimate of drug-likeness (QED) is 0.462. The average molecular weight is 388 g/mol. The number of hydrogen-bond acceptors (Lipinski definition) is 4. The average Bonchev–Trinajstić information content (AvgIpc) is 3.13. The molecule has 0 aliphatic carbocycles. The van der Waals surface area contributed by atoms with E-state index in [1.54, 1.807) is 11.8 Å². The van der Waals surface area contributed by atoms with E-state index in [1.165, 1.54) is 11.1 Å². The monoisotopic (exact) mass is 388 g/mol. The van der Waals surface area contributed by atoms with Gasteiger partial charge in [-0.2, -0.15) is 0 Å². The molecule has 0 atom stereocenters. The number of rotatable bonds is 6. The van der Waals surface area contributed by atoms with E-state index in [-0.39, 0.29) is 5.91 Å². The van der Waals surface area contributed by atoms with Crippen LogP contribution in [-0.2, 0) is 10.5 Å². The minimum Gasteiger partial charge on any atom is -0.436 e. The molecule has 0 unspecified atom stereocenters. The Morgan fingerprint density at radius 1 is 1.04 bits per heavy atom. The Morgan fingerprint density at radius 3 is 2.64 bits per heavy atom. The lowest BCUT2D eigenvalue weighted by atomic mass is 10.2. The minimum atomic E-state index is -0.00716. The third-order valence-corrected chi connectivity index (χ3v) is 5.30. The van der Waals surface area contributed by atoms with Crippen LogP contribution in [0.25, 0.3) is 22.6 Å². The number of anilines is 1. The molecule has 4 aromatic rings. The van der Waals surface area contributed by atoms with Crippen molar-refractivity contribution in [1.29, 1.82) is 0 Å². The maximum atomic E-state index is 12.2. The second-order valence-electron chi connectivity index (χ2n) is 6.59. The number of oxazole rings is 1. The van der Waals surface area contributed by atoms with Crippen LogP contribution in [0.2, 0.25) is 0 Å². The molecule has 5 heteroatoms. The second-order valence-corrected chi connectivity index (χ2v) is 7.58. The Balaban J connectivity index is 1.33. The predicted molar refractivity (Wildman–Crippen MR) is 115 cm³/mol. The minimum absolute atomic E-state index is 0.00716. The number of carbonyl (C=O) groups excluding carboxylic acids is 1. The SMILES string of the molecule is Cc1cccc(CSCC(=O)Nc2ccc(-c3nc4ccccc4o3)cc2)c1. The summed E-state index contributed by atoms with van der Waals surface area (Å²) in [5.41, 5.74) is 5.71. The van der Waals surface area contributed by atoms with Gasteiger partial charge >= 0.3 is 0 Å². The number of aromatic nitrogens is 1. The summed E-state index contributed by atoms with van der Waals surface area (Å²) in [5, 5.41) is 2.93. The van der Waals surface area contributed by atoms with E-state index in [4.69, 9.17) is 4.42 Å². The van der Waals surface area contributed by atoms with E-state index in [2.05, 4.69) is 35.4 Å². The van der Waals surface area contributed by atoms with Gasteiger partial charge in [-0.15, -0.1) is 11.8 Å². The zero-order valence-corrected chi connectivity index (χ0v) is 16.3. The number of fused-ring (bicyclic) bond motifs is 1. The zero-order chi connectivity index (χ0) is 19.3. The van der Waals surface area contributed by atoms with Gasteiger partial charge in [0.15, 0.2) is 5.58 Å². The molecule has 0 aliphatic heterocycles. The first-order chi connectivity index (χ1) is 13.7. The number of nitrogens with one attached hydrogen (secondary N) is 1. The highest BCUT2D eigenvalue weighted by molar-refractivity contribution is 7.99. The molecule has 4 rings (SSSR count). The number of aryl methyl sites for hydroxylation is 1. The molecular weight excluding hydrogens is 368 g/mol. The van der Waals surface area contributed by atoms with Crippen LogP contribution in [0.15, 0.2) is 77.2 Å². The molecule has 0 radical (unpaired) electrons. The highest BCUT2D eigenvalue weighted by Gasteiger charge is 2.08. The highest BCUT2D eigenvalue weighted by Crippen LogP contribution is 2.25. The first-order valence-electron chi connectivity index (χ1n) is 9.06. The summed E-state index contributed by atoms with van der Waals surface area (Å²) in [7, 11) is 0. The molecule has 3 aromatic carbocycles. The third-order valence-electron chi connectivity index (χ3n) is 4.29. The molecule has 1 N–H and O–H groups in total. The van der Waals surface area contributed by atoms with Crippen molar-refractivity contribution in [3.63, 3.8) is 0 Å². The van der Waals surface area contributed by atoms with Gasteiger partial charge in [-0.3, -0.25) is 4.79 Å². The molecule has 0 spiro atoms. The summed E-state index contributed by atoms with van der Waals surface area (Å²) >= 11 is 1.61. The van der Waals surface area contributed by atoms with E-state index in [1.807, 2.05) is 54.6 Å². The first kappa shape index (κ1) is 18.3. The molecule has 0 saturated heterocycles. The van der Waals surface area contributed by atoms with Crippen molar-refractivity contribution in [3.05, 3.63) is 83.9 Å². The number of thioether (sulfide) groups is 1. The van der Waals surface area contributed by atoms with Gasteiger partial charge in [0, 0.05) is 17.0 Å². The van der Waals surface area contributed by atoms with Gasteiger partial charge in [0.25, 0.3) is 0 Å². The summed E-state index contributed by atoms with van der Waals surface area (Å²) in [4.78, 5) is 16.7. The molecule has 0 bridgehead atoms. The Morgan fingerprint density at radius 2 is 1.86 bits per heavy atom. The number of hydrogen-bond donors (Lipinski definition) is 1. The van der Waals surface area contributed by atoms with Crippen LogP contribution in [0.4, 0.5) is 5.69 Å². The molecule has 1 aromatic heterocycles. The van der Waals surface area contributed by atoms with Crippen molar-refractivity contribution in [3.8, 4) is 11.5 Å². The lowest BCUT2D eigenvalue weighted by Gasteiger charge is -2.06. The molecular formula is C23H20N2O2S. The third kappa shape index (κ3) is 4.43. The molecule has 140 valence electrons. The fourth-order valence-corrected chi connectivity index (χ4v) is 3.73. The van der Waals surface area contributed by atoms with Crippen LogP contribution in [0.1, 0.15) is 11.1 Å². The number of nitrogens with zero attached hydrogens (tertiary/aromatic N) is 1. The molecule has 1 amide bonds. The van der Waals surface area contributed by atoms with Crippen LogP contribution in [-0.4, -0.2) is 16.6 Å². The van der Waals surface area contributed by atoms with Gasteiger partial charge in [-0.25, -0.2) is 4.98 Å². The molecule has 0 fully saturated rings. The Bertz CT molecular complexity index is 1070. The summed E-state index contributed by atoms with van der Waals surface area (Å²) in [6.45, 7) is 2.07. The van der Waals surface area contributed by atoms with Crippen molar-refractivity contribution >= 4 is 34.5 Å². The standard InChI is InChI=1S/C23H20N2O2S/c1-16-5-4-6-17(13-16)14-28-15-22(26)24-19-11-9-18(10-12-19)23-25-20-7-2-3-8-21(20)27-23/h2-13H,14-15H2,1H3,(H,24,26). The van der Waals surface area contributed by atoms with Crippen molar-refractivity contribution < 1.29 is 9.21 Å². The largest absolute Gasteiger partial charge is 0.436 e. The fourth-order valence-electron chi connectivity index (χ4n) is 2.95. The maximum absolute atomic E-state index is 12.2. The van der Waals surface area contributed by atoms with Crippen LogP contribution in [0, 0.1) is 6.92 Å². The van der Waals surface area contributed by atoms with Gasteiger partial charge in [0.2, 0.25) is 11.8 Å². The number of carbonyl (C=O) groups is 1. The van der Waals surface area contributed by atoms with E-state index in [0.29, 0.717) is 11.6 Å². The van der Waals surface area contributed by atoms with Crippen molar-refractivity contribution in [1.82, 2.24) is 4.98 Å². The van der Waals surface area contributed by atoms with E-state index in [9.17, 15) is 4.79 Å². The predicted octanol–water partition coefficient (Wildman–Crippen LogP) is 5.68. The molecule has 4 nitrogen and oxygen atoms in total. The maximum Gasteiger partial charge on any atom is 0.234 e. The van der Waals surface area contributed by atoms with E-state index >= 15 is 0 Å². The van der Waals surface area contributed by atoms with Crippen LogP contribution >= 0.6 is 11.8 Å². The molecule has 0 saturated carbocycles. The van der Waals surface area contributed by atoms with Gasteiger partial charge < -0.3 is 9.73 Å². The van der Waals surface area contributed by atoms with Gasteiger partial charge in [-0.1, -0.05) is 42.0 Å². The summed E-state index contributed by atoms with van der Waals surface area (Å²) in [6, 6.07) is 23.6. The molecule has 28 heavy (non-hydrogen) atoms. The van der Waals surface area contributed by atoms with Gasteiger partial charge in [-0.05, 0) is 48.9 Å². The van der Waals surface area contributed by atoms with Crippen LogP contribution < -0.4 is 5.32 Å². The molecule has 0 aliphatic rings. The number of benzene rings is 3. The number of amides is 1. The summed E-state index contributed by atoms with van der Waals surface area (Å²) in [5.74, 6) is 1.81. The Hall–Kier alpha value is -3.05. The Kier molecular flexibility index (Phi) is 5.44. The second kappa shape index (κ2) is 8.31. The summed E-state index contributed by atoms with van der Waals surface area (Å²) < 4.78 is 5.78. The lowest BCUT2D eigenvalue weighted by Crippen LogP contribution is -2.14. The lowest BCUT2D eigenvalue weighted by molar-refractivity contribution is -0.113. The van der Waals surface area contributed by atoms with Gasteiger partial charge in [0.1, 0.15) is 5.52 Å². The Labute approximate surface area is 168 Å². The van der Waals surface area contributed by atoms with Crippen molar-refractivity contribution in [2.24, 2.45) is 0 Å².